The second-order valence-corrected chi connectivity index (χ2v) is 15.3. The van der Waals surface area contributed by atoms with Crippen LogP contribution in [-0.2, 0) is 14.1 Å². The number of methoxy groups -OCH3 is 4. The van der Waals surface area contributed by atoms with E-state index in [1.807, 2.05) is 48.5 Å². The van der Waals surface area contributed by atoms with Gasteiger partial charge in [-0.25, -0.2) is 14.6 Å². The topological polar surface area (TPSA) is 182 Å². The molecule has 62 heavy (non-hydrogen) atoms. The minimum atomic E-state index is 0.453. The van der Waals surface area contributed by atoms with Crippen molar-refractivity contribution in [3.8, 4) is 46.0 Å². The van der Waals surface area contributed by atoms with Crippen molar-refractivity contribution in [2.45, 2.75) is 25.7 Å². The molecule has 4 heterocycles. The van der Waals surface area contributed by atoms with Gasteiger partial charge in [-0.15, -0.1) is 15.3 Å². The Morgan fingerprint density at radius 3 is 1.45 bits per heavy atom. The number of nitrogens with zero attached hydrogens (tertiary/aromatic N) is 14. The van der Waals surface area contributed by atoms with Crippen LogP contribution in [0.5, 0.6) is 23.0 Å². The van der Waals surface area contributed by atoms with Gasteiger partial charge in [0, 0.05) is 79.3 Å². The van der Waals surface area contributed by atoms with Crippen LogP contribution < -0.4 is 28.7 Å². The van der Waals surface area contributed by atoms with E-state index in [9.17, 15) is 0 Å². The lowest BCUT2D eigenvalue weighted by atomic mass is 10.2. The molecule has 0 bridgehead atoms. The number of hydrogen-bond donors (Lipinski definition) is 0. The molecule has 2 fully saturated rings. The molecule has 0 amide bonds. The van der Waals surface area contributed by atoms with Crippen LogP contribution in [0.4, 0.5) is 22.7 Å². The van der Waals surface area contributed by atoms with Crippen molar-refractivity contribution >= 4 is 44.8 Å². The minimum Gasteiger partial charge on any atom is -0.497 e. The number of rotatable bonds is 14. The summed E-state index contributed by atoms with van der Waals surface area (Å²) < 4.78 is 23.5. The normalized spacial score (nSPS) is 13.4. The lowest BCUT2D eigenvalue weighted by molar-refractivity contribution is 0.394. The van der Waals surface area contributed by atoms with Gasteiger partial charge in [0.2, 0.25) is 11.6 Å². The van der Waals surface area contributed by atoms with E-state index < -0.39 is 0 Å². The molecule has 18 heteroatoms. The highest BCUT2D eigenvalue weighted by Crippen LogP contribution is 2.40. The van der Waals surface area contributed by atoms with Gasteiger partial charge in [-0.2, -0.15) is 4.80 Å². The zero-order valence-electron chi connectivity index (χ0n) is 35.4. The first kappa shape index (κ1) is 39.9. The maximum absolute atomic E-state index is 5.49. The molecule has 0 atom stereocenters. The molecule has 10 rings (SSSR count). The van der Waals surface area contributed by atoms with Crippen molar-refractivity contribution in [2.75, 3.05) is 51.3 Å². The number of aryl methyl sites for hydroxylation is 2. The fourth-order valence-corrected chi connectivity index (χ4v) is 7.12. The van der Waals surface area contributed by atoms with Crippen molar-refractivity contribution in [3.05, 3.63) is 85.2 Å². The fraction of sp³-hybridized carbons (Fsp3) is 0.318. The van der Waals surface area contributed by atoms with Crippen LogP contribution in [0.1, 0.15) is 25.7 Å². The van der Waals surface area contributed by atoms with Crippen molar-refractivity contribution in [1.29, 1.82) is 0 Å². The standard InChI is InChI=1S/2C22H23N7O2/c1-28-22(25-26-27-28)21-12-23-19-7-6-15(10-20(19)24-21)29(13-14-4-5-14)16-8-17(30-2)11-18(9-16)31-3;1-28-26-22(25-27-28)21-12-23-19-7-6-15(10-20(19)24-21)29(13-14-4-5-14)16-8-17(30-2)11-18(9-16)31-3/h2*6-12,14H,4-5,13H2,1-3H3. The predicted molar refractivity (Wildman–Crippen MR) is 233 cm³/mol. The summed E-state index contributed by atoms with van der Waals surface area (Å²) >= 11 is 0. The van der Waals surface area contributed by atoms with Crippen LogP contribution in [0.3, 0.4) is 0 Å². The molecule has 4 aromatic carbocycles. The van der Waals surface area contributed by atoms with Gasteiger partial charge >= 0.3 is 0 Å². The third-order valence-corrected chi connectivity index (χ3v) is 10.8. The molecule has 316 valence electrons. The van der Waals surface area contributed by atoms with E-state index in [4.69, 9.17) is 28.9 Å². The fourth-order valence-electron chi connectivity index (χ4n) is 7.12. The third-order valence-electron chi connectivity index (χ3n) is 10.8. The Kier molecular flexibility index (Phi) is 11.1. The van der Waals surface area contributed by atoms with Gasteiger partial charge in [0.05, 0.1) is 69.9 Å². The van der Waals surface area contributed by atoms with Crippen LogP contribution in [0.25, 0.3) is 45.1 Å². The summed E-state index contributed by atoms with van der Waals surface area (Å²) in [5.41, 5.74) is 8.52. The van der Waals surface area contributed by atoms with E-state index in [0.717, 1.165) is 80.9 Å². The quantitative estimate of drug-likeness (QED) is 0.112. The average Bonchev–Trinajstić information content (AvgIpc) is 4.24. The molecule has 2 aliphatic carbocycles. The Morgan fingerprint density at radius 1 is 0.548 bits per heavy atom. The van der Waals surface area contributed by atoms with Crippen molar-refractivity contribution < 1.29 is 18.9 Å². The van der Waals surface area contributed by atoms with Gasteiger partial charge in [0.25, 0.3) is 0 Å². The highest BCUT2D eigenvalue weighted by atomic mass is 16.5. The molecule has 18 nitrogen and oxygen atoms in total. The van der Waals surface area contributed by atoms with Crippen LogP contribution >= 0.6 is 0 Å². The first-order valence-electron chi connectivity index (χ1n) is 20.3. The average molecular weight is 835 g/mol. The zero-order chi connectivity index (χ0) is 42.7. The predicted octanol–water partition coefficient (Wildman–Crippen LogP) is 6.77. The van der Waals surface area contributed by atoms with Crippen LogP contribution in [0.15, 0.2) is 85.2 Å². The third kappa shape index (κ3) is 8.84. The summed E-state index contributed by atoms with van der Waals surface area (Å²) in [6.07, 6.45) is 8.35. The van der Waals surface area contributed by atoms with E-state index in [2.05, 4.69) is 75.0 Å². The van der Waals surface area contributed by atoms with Gasteiger partial charge in [-0.1, -0.05) is 0 Å². The van der Waals surface area contributed by atoms with E-state index in [1.54, 1.807) is 59.6 Å². The summed E-state index contributed by atoms with van der Waals surface area (Å²) in [7, 11) is 10.2. The van der Waals surface area contributed by atoms with E-state index in [0.29, 0.717) is 34.9 Å². The number of tetrazole rings is 2. The molecule has 0 unspecified atom stereocenters. The highest BCUT2D eigenvalue weighted by Gasteiger charge is 2.28. The van der Waals surface area contributed by atoms with Crippen LogP contribution in [-0.4, -0.2) is 102 Å². The molecule has 0 spiro atoms. The number of anilines is 4. The monoisotopic (exact) mass is 834 g/mol. The van der Waals surface area contributed by atoms with Crippen LogP contribution in [0.2, 0.25) is 0 Å². The Balaban J connectivity index is 0.000000158. The molecule has 8 aromatic rings. The number of fused-ring (bicyclic) bond motifs is 2. The summed E-state index contributed by atoms with van der Waals surface area (Å²) in [5, 5.41) is 23.8. The molecule has 0 saturated heterocycles. The zero-order valence-corrected chi connectivity index (χ0v) is 35.4. The molecular weight excluding hydrogens is 789 g/mol. The summed E-state index contributed by atoms with van der Waals surface area (Å²) in [6.45, 7) is 1.84. The van der Waals surface area contributed by atoms with Gasteiger partial charge in [-0.05, 0) is 89.6 Å². The number of hydrogen-bond acceptors (Lipinski definition) is 16. The molecule has 0 N–H and O–H groups in total. The van der Waals surface area contributed by atoms with E-state index in [1.165, 1.54) is 30.5 Å². The molecule has 4 aromatic heterocycles. The lowest BCUT2D eigenvalue weighted by Gasteiger charge is -2.26. The number of benzene rings is 4. The van der Waals surface area contributed by atoms with Crippen molar-refractivity contribution in [1.82, 2.24) is 60.4 Å². The summed E-state index contributed by atoms with van der Waals surface area (Å²) in [4.78, 5) is 24.6. The largest absolute Gasteiger partial charge is 0.497 e. The second kappa shape index (κ2) is 17.2. The summed E-state index contributed by atoms with van der Waals surface area (Å²) in [5.74, 6) is 5.41. The molecule has 0 aliphatic heterocycles. The van der Waals surface area contributed by atoms with Gasteiger partial charge in [0.1, 0.15) is 34.4 Å². The second-order valence-electron chi connectivity index (χ2n) is 15.3. The van der Waals surface area contributed by atoms with Gasteiger partial charge < -0.3 is 28.7 Å². The highest BCUT2D eigenvalue weighted by molar-refractivity contribution is 5.83. The molecule has 2 aliphatic rings. The molecule has 0 radical (unpaired) electrons. The number of aromatic nitrogens is 12. The SMILES string of the molecule is COc1cc(OC)cc(N(CC2CC2)c2ccc3ncc(-c4nnn(C)n4)nc3c2)c1.COc1cc(OC)cc(N(CC2CC2)c2ccc3ncc(-c4nnnn4C)nc3c2)c1. The first-order chi connectivity index (χ1) is 30.3. The first-order valence-corrected chi connectivity index (χ1v) is 20.3. The Bertz CT molecular complexity index is 2810. The minimum absolute atomic E-state index is 0.453. The maximum atomic E-state index is 5.49. The van der Waals surface area contributed by atoms with Gasteiger partial charge in [-0.3, -0.25) is 9.97 Å². The Labute approximate surface area is 357 Å². The molecular formula is C44H46N14O4. The Morgan fingerprint density at radius 2 is 1.03 bits per heavy atom. The Hall–Kier alpha value is -7.50. The summed E-state index contributed by atoms with van der Waals surface area (Å²) in [6, 6.07) is 24.1. The lowest BCUT2D eigenvalue weighted by Crippen LogP contribution is -2.20. The van der Waals surface area contributed by atoms with Crippen molar-refractivity contribution in [3.63, 3.8) is 0 Å². The maximum Gasteiger partial charge on any atom is 0.224 e. The smallest absolute Gasteiger partial charge is 0.224 e. The van der Waals surface area contributed by atoms with E-state index >= 15 is 0 Å². The number of ether oxygens (including phenoxy) is 4. The van der Waals surface area contributed by atoms with Crippen molar-refractivity contribution in [2.24, 2.45) is 25.9 Å². The van der Waals surface area contributed by atoms with Gasteiger partial charge in [0.15, 0.2) is 0 Å². The van der Waals surface area contributed by atoms with E-state index in [-0.39, 0.29) is 0 Å². The molecule has 2 saturated carbocycles. The van der Waals surface area contributed by atoms with Crippen LogP contribution in [0, 0.1) is 11.8 Å².